The van der Waals surface area contributed by atoms with Crippen molar-refractivity contribution >= 4 is 52.5 Å². The molecular formula is C15H11Cl2N5O4S. The molecule has 1 amide bonds. The highest BCUT2D eigenvalue weighted by Gasteiger charge is 2.19. The molecule has 27 heavy (non-hydrogen) atoms. The molecule has 0 aliphatic carbocycles. The summed E-state index contributed by atoms with van der Waals surface area (Å²) in [4.78, 5) is 43.1. The number of aromatic nitrogens is 4. The molecule has 0 saturated carbocycles. The zero-order valence-corrected chi connectivity index (χ0v) is 15.7. The van der Waals surface area contributed by atoms with Gasteiger partial charge in [0.05, 0.1) is 0 Å². The number of carbonyl (C=O) groups is 2. The van der Waals surface area contributed by atoms with Crippen molar-refractivity contribution in [3.05, 3.63) is 56.2 Å². The Kier molecular flexibility index (Phi) is 5.68. The topological polar surface area (TPSA) is 129 Å². The van der Waals surface area contributed by atoms with Crippen molar-refractivity contribution in [1.82, 2.24) is 24.9 Å². The monoisotopic (exact) mass is 427 g/mol. The Morgan fingerprint density at radius 1 is 1.26 bits per heavy atom. The number of fused-ring (bicyclic) bond motifs is 1. The van der Waals surface area contributed by atoms with E-state index in [1.807, 2.05) is 0 Å². The number of carboxylic acid groups (broad SMARTS) is 1. The molecule has 0 fully saturated rings. The fourth-order valence-corrected chi connectivity index (χ4v) is 3.73. The number of hydrogen-bond acceptors (Lipinski definition) is 6. The van der Waals surface area contributed by atoms with E-state index in [0.717, 1.165) is 5.56 Å². The van der Waals surface area contributed by atoms with E-state index in [-0.39, 0.29) is 21.5 Å². The molecule has 0 aliphatic rings. The van der Waals surface area contributed by atoms with Gasteiger partial charge in [0.1, 0.15) is 33.8 Å². The van der Waals surface area contributed by atoms with Crippen LogP contribution in [-0.4, -0.2) is 43.1 Å². The van der Waals surface area contributed by atoms with Crippen LogP contribution in [-0.2, 0) is 10.5 Å². The van der Waals surface area contributed by atoms with Crippen molar-refractivity contribution in [1.29, 1.82) is 0 Å². The molecule has 3 rings (SSSR count). The molecule has 0 saturated heterocycles. The highest BCUT2D eigenvalue weighted by molar-refractivity contribution is 7.98. The average Bonchev–Trinajstić information content (AvgIpc) is 3.06. The summed E-state index contributed by atoms with van der Waals surface area (Å²) < 4.78 is 1.46. The van der Waals surface area contributed by atoms with Gasteiger partial charge in [-0.3, -0.25) is 19.5 Å². The first kappa shape index (κ1) is 19.2. The minimum atomic E-state index is -1.22. The number of hydrogen-bond donors (Lipinski definition) is 3. The van der Waals surface area contributed by atoms with Gasteiger partial charge in [-0.25, -0.2) is 14.5 Å². The van der Waals surface area contributed by atoms with Gasteiger partial charge < -0.3 is 10.4 Å². The third kappa shape index (κ3) is 4.41. The third-order valence-corrected chi connectivity index (χ3v) is 4.83. The van der Waals surface area contributed by atoms with E-state index in [2.05, 4.69) is 20.4 Å². The van der Waals surface area contributed by atoms with E-state index in [4.69, 9.17) is 28.3 Å². The Labute approximate surface area is 165 Å². The van der Waals surface area contributed by atoms with Gasteiger partial charge in [0.25, 0.3) is 5.91 Å². The standard InChI is InChI=1S/C15H11Cl2N5O4S/c16-9-1-7(2-10(17)21-9)5-27-11-3-8(23)13(14-19-6-20-22(11)14)15(26)18-4-12(24)25/h1-3,6H,4-5H2,(H,18,26)(H,19,20)(H,24,25). The lowest BCUT2D eigenvalue weighted by Gasteiger charge is -2.08. The molecule has 0 radical (unpaired) electrons. The predicted octanol–water partition coefficient (Wildman–Crippen LogP) is 1.83. The first-order valence-electron chi connectivity index (χ1n) is 7.39. The molecule has 0 aliphatic heterocycles. The van der Waals surface area contributed by atoms with E-state index in [9.17, 15) is 14.4 Å². The number of amides is 1. The van der Waals surface area contributed by atoms with Gasteiger partial charge in [-0.05, 0) is 17.7 Å². The SMILES string of the molecule is O=C(O)CNC(=O)c1c(=O)cc(SCc2cc(Cl)nc(Cl)c2)n2[nH]cnc12. The fourth-order valence-electron chi connectivity index (χ4n) is 2.29. The summed E-state index contributed by atoms with van der Waals surface area (Å²) in [6.45, 7) is -0.602. The van der Waals surface area contributed by atoms with Gasteiger partial charge in [0.15, 0.2) is 11.1 Å². The van der Waals surface area contributed by atoms with E-state index in [0.29, 0.717) is 10.8 Å². The molecule has 0 atom stereocenters. The largest absolute Gasteiger partial charge is 0.480 e. The van der Waals surface area contributed by atoms with Crippen LogP contribution in [0.2, 0.25) is 10.3 Å². The summed E-state index contributed by atoms with van der Waals surface area (Å²) in [7, 11) is 0. The number of thioether (sulfide) groups is 1. The summed E-state index contributed by atoms with van der Waals surface area (Å²) in [5.41, 5.74) is 0.0859. The van der Waals surface area contributed by atoms with Crippen LogP contribution in [0.3, 0.4) is 0 Å². The quantitative estimate of drug-likeness (QED) is 0.404. The maximum Gasteiger partial charge on any atom is 0.322 e. The van der Waals surface area contributed by atoms with E-state index in [1.165, 1.54) is 28.7 Å². The van der Waals surface area contributed by atoms with Crippen molar-refractivity contribution in [2.45, 2.75) is 10.8 Å². The molecule has 140 valence electrons. The highest BCUT2D eigenvalue weighted by atomic mass is 35.5. The summed E-state index contributed by atoms with van der Waals surface area (Å²) in [6.07, 6.45) is 1.33. The second-order valence-electron chi connectivity index (χ2n) is 5.25. The second-order valence-corrected chi connectivity index (χ2v) is 7.02. The highest BCUT2D eigenvalue weighted by Crippen LogP contribution is 2.25. The van der Waals surface area contributed by atoms with E-state index in [1.54, 1.807) is 12.1 Å². The summed E-state index contributed by atoms with van der Waals surface area (Å²) in [6, 6.07) is 4.58. The number of carboxylic acids is 1. The molecule has 12 heteroatoms. The number of H-pyrrole nitrogens is 1. The number of rotatable bonds is 6. The number of aliphatic carboxylic acids is 1. The molecule has 3 aromatic heterocycles. The van der Waals surface area contributed by atoms with Crippen molar-refractivity contribution < 1.29 is 14.7 Å². The number of pyridine rings is 2. The number of nitrogens with one attached hydrogen (secondary N) is 2. The molecular weight excluding hydrogens is 417 g/mol. The maximum atomic E-state index is 12.4. The maximum absolute atomic E-state index is 12.4. The molecule has 3 aromatic rings. The van der Waals surface area contributed by atoms with Crippen LogP contribution in [0.5, 0.6) is 0 Å². The van der Waals surface area contributed by atoms with Gasteiger partial charge in [0.2, 0.25) is 0 Å². The lowest BCUT2D eigenvalue weighted by atomic mass is 10.2. The van der Waals surface area contributed by atoms with E-state index >= 15 is 0 Å². The number of halogens is 2. The zero-order chi connectivity index (χ0) is 19.6. The van der Waals surface area contributed by atoms with Gasteiger partial charge in [-0.15, -0.1) is 11.8 Å². The predicted molar refractivity (Wildman–Crippen MR) is 99.6 cm³/mol. The summed E-state index contributed by atoms with van der Waals surface area (Å²) in [5.74, 6) is -1.59. The minimum absolute atomic E-state index is 0.0960. The molecule has 9 nitrogen and oxygen atoms in total. The number of nitrogens with zero attached hydrogens (tertiary/aromatic N) is 3. The smallest absolute Gasteiger partial charge is 0.322 e. The van der Waals surface area contributed by atoms with Crippen molar-refractivity contribution in [3.63, 3.8) is 0 Å². The Hall–Kier alpha value is -2.56. The molecule has 3 heterocycles. The average molecular weight is 428 g/mol. The summed E-state index contributed by atoms with van der Waals surface area (Å²) >= 11 is 13.1. The normalized spacial score (nSPS) is 10.9. The Morgan fingerprint density at radius 2 is 1.96 bits per heavy atom. The van der Waals surface area contributed by atoms with Crippen LogP contribution >= 0.6 is 35.0 Å². The van der Waals surface area contributed by atoms with Crippen LogP contribution in [0, 0.1) is 0 Å². The van der Waals surface area contributed by atoms with Crippen LogP contribution in [0.15, 0.2) is 34.3 Å². The van der Waals surface area contributed by atoms with Crippen LogP contribution in [0.1, 0.15) is 15.9 Å². The van der Waals surface area contributed by atoms with Gasteiger partial charge in [0, 0.05) is 11.8 Å². The third-order valence-electron chi connectivity index (χ3n) is 3.37. The van der Waals surface area contributed by atoms with Gasteiger partial charge >= 0.3 is 5.97 Å². The first-order valence-corrected chi connectivity index (χ1v) is 9.13. The van der Waals surface area contributed by atoms with Crippen LogP contribution in [0.25, 0.3) is 5.65 Å². The molecule has 0 aromatic carbocycles. The number of carbonyl (C=O) groups excluding carboxylic acids is 1. The Bertz CT molecular complexity index is 1080. The fraction of sp³-hybridized carbons (Fsp3) is 0.133. The van der Waals surface area contributed by atoms with E-state index < -0.39 is 23.9 Å². The lowest BCUT2D eigenvalue weighted by Crippen LogP contribution is -2.33. The second kappa shape index (κ2) is 7.99. The Morgan fingerprint density at radius 3 is 2.63 bits per heavy atom. The van der Waals surface area contributed by atoms with Gasteiger partial charge in [-0.2, -0.15) is 0 Å². The zero-order valence-electron chi connectivity index (χ0n) is 13.4. The van der Waals surface area contributed by atoms with Crippen molar-refractivity contribution in [2.24, 2.45) is 0 Å². The molecule has 0 bridgehead atoms. The van der Waals surface area contributed by atoms with Crippen LogP contribution in [0.4, 0.5) is 0 Å². The summed E-state index contributed by atoms with van der Waals surface area (Å²) in [5, 5.41) is 14.7. The van der Waals surface area contributed by atoms with Gasteiger partial charge in [-0.1, -0.05) is 23.2 Å². The minimum Gasteiger partial charge on any atom is -0.480 e. The molecule has 3 N–H and O–H groups in total. The van der Waals surface area contributed by atoms with Crippen molar-refractivity contribution in [3.8, 4) is 0 Å². The number of aromatic amines is 1. The molecule has 0 spiro atoms. The van der Waals surface area contributed by atoms with Crippen molar-refractivity contribution in [2.75, 3.05) is 6.54 Å². The van der Waals surface area contributed by atoms with Crippen LogP contribution < -0.4 is 10.7 Å². The first-order chi connectivity index (χ1) is 12.8. The molecule has 0 unspecified atom stereocenters. The Balaban J connectivity index is 1.91. The lowest BCUT2D eigenvalue weighted by molar-refractivity contribution is -0.135.